The van der Waals surface area contributed by atoms with E-state index in [4.69, 9.17) is 14.6 Å². The minimum Gasteiger partial charge on any atom is -0.480 e. The number of anilines is 1. The van der Waals surface area contributed by atoms with Crippen molar-refractivity contribution < 1.29 is 37.3 Å². The number of likely N-dealkylation sites (N-methyl/N-ethyl adjacent to an activating group) is 1. The van der Waals surface area contributed by atoms with Crippen LogP contribution in [0.25, 0.3) is 0 Å². The van der Waals surface area contributed by atoms with E-state index in [1.165, 1.54) is 20.0 Å². The van der Waals surface area contributed by atoms with Crippen LogP contribution < -0.4 is 5.32 Å². The molecular weight excluding hydrogens is 457 g/mol. The number of nitrogens with zero attached hydrogens (tertiary/aromatic N) is 3. The Labute approximate surface area is 193 Å². The third-order valence-corrected chi connectivity index (χ3v) is 5.34. The molecule has 1 amide bonds. The van der Waals surface area contributed by atoms with Gasteiger partial charge in [-0.25, -0.2) is 9.97 Å². The third-order valence-electron chi connectivity index (χ3n) is 5.34. The summed E-state index contributed by atoms with van der Waals surface area (Å²) in [6.45, 7) is 4.53. The molecule has 0 aliphatic carbocycles. The van der Waals surface area contributed by atoms with Gasteiger partial charge in [-0.2, -0.15) is 13.2 Å². The van der Waals surface area contributed by atoms with E-state index in [0.717, 1.165) is 11.0 Å². The molecule has 0 saturated carbocycles. The lowest BCUT2D eigenvalue weighted by atomic mass is 9.97. The molecule has 0 radical (unpaired) electrons. The molecule has 1 aliphatic rings. The normalized spacial score (nSPS) is 15.3. The molecule has 0 spiro atoms. The minimum absolute atomic E-state index is 0.0631. The number of nitrogens with one attached hydrogen (secondary N) is 1. The number of carbonyl (C=O) groups is 2. The number of ether oxygens (including phenoxy) is 2. The molecule has 184 valence electrons. The van der Waals surface area contributed by atoms with Crippen molar-refractivity contribution in [1.29, 1.82) is 0 Å². The van der Waals surface area contributed by atoms with Crippen LogP contribution in [0.2, 0.25) is 0 Å². The second-order valence-corrected chi connectivity index (χ2v) is 7.89. The quantitative estimate of drug-likeness (QED) is 0.617. The van der Waals surface area contributed by atoms with E-state index in [1.807, 2.05) is 0 Å². The van der Waals surface area contributed by atoms with Gasteiger partial charge in [-0.15, -0.1) is 0 Å². The molecule has 1 aromatic carbocycles. The van der Waals surface area contributed by atoms with Crippen LogP contribution in [-0.4, -0.2) is 58.7 Å². The lowest BCUT2D eigenvalue weighted by molar-refractivity contribution is -0.138. The summed E-state index contributed by atoms with van der Waals surface area (Å²) >= 11 is 0. The SMILES string of the molecule is Cc1nc(N[C@H](C)c2cccc(C(F)(F)F)c2C)c(C2OCCO2)c(C(=O)N(C)CC(=O)O)n1. The van der Waals surface area contributed by atoms with Gasteiger partial charge in [0.05, 0.1) is 30.4 Å². The Hall–Kier alpha value is -3.25. The van der Waals surface area contributed by atoms with Gasteiger partial charge in [-0.3, -0.25) is 9.59 Å². The van der Waals surface area contributed by atoms with E-state index < -0.39 is 42.5 Å². The topological polar surface area (TPSA) is 114 Å². The van der Waals surface area contributed by atoms with Crippen LogP contribution in [0, 0.1) is 13.8 Å². The zero-order valence-electron chi connectivity index (χ0n) is 19.1. The molecule has 1 aromatic heterocycles. The summed E-state index contributed by atoms with van der Waals surface area (Å²) in [6.07, 6.45) is -5.51. The van der Waals surface area contributed by atoms with Crippen molar-refractivity contribution in [1.82, 2.24) is 14.9 Å². The minimum atomic E-state index is -4.50. The van der Waals surface area contributed by atoms with Crippen molar-refractivity contribution >= 4 is 17.7 Å². The average molecular weight is 482 g/mol. The summed E-state index contributed by atoms with van der Waals surface area (Å²) in [6, 6.07) is 3.28. The van der Waals surface area contributed by atoms with Gasteiger partial charge < -0.3 is 24.8 Å². The van der Waals surface area contributed by atoms with Crippen molar-refractivity contribution in [3.63, 3.8) is 0 Å². The van der Waals surface area contributed by atoms with E-state index in [9.17, 15) is 22.8 Å². The molecule has 1 atom stereocenters. The van der Waals surface area contributed by atoms with E-state index in [0.29, 0.717) is 5.56 Å². The number of aryl methyl sites for hydroxylation is 1. The van der Waals surface area contributed by atoms with Crippen LogP contribution >= 0.6 is 0 Å². The first kappa shape index (κ1) is 25.4. The van der Waals surface area contributed by atoms with Crippen LogP contribution in [0.1, 0.15) is 57.8 Å². The van der Waals surface area contributed by atoms with Crippen LogP contribution in [0.4, 0.5) is 19.0 Å². The van der Waals surface area contributed by atoms with Gasteiger partial charge in [0, 0.05) is 7.05 Å². The Morgan fingerprint density at radius 2 is 1.88 bits per heavy atom. The predicted octanol–water partition coefficient (Wildman–Crippen LogP) is 3.49. The number of hydrogen-bond donors (Lipinski definition) is 2. The molecule has 12 heteroatoms. The maximum Gasteiger partial charge on any atom is 0.416 e. The van der Waals surface area contributed by atoms with E-state index in [1.54, 1.807) is 19.9 Å². The highest BCUT2D eigenvalue weighted by Gasteiger charge is 2.35. The van der Waals surface area contributed by atoms with E-state index in [2.05, 4.69) is 15.3 Å². The number of carboxylic acids is 1. The van der Waals surface area contributed by atoms with Gasteiger partial charge in [-0.05, 0) is 38.0 Å². The number of halogens is 3. The van der Waals surface area contributed by atoms with Crippen molar-refractivity contribution in [2.45, 2.75) is 39.3 Å². The summed E-state index contributed by atoms with van der Waals surface area (Å²) in [5, 5.41) is 12.1. The number of alkyl halides is 3. The monoisotopic (exact) mass is 482 g/mol. The fourth-order valence-electron chi connectivity index (χ4n) is 3.77. The van der Waals surface area contributed by atoms with Crippen molar-refractivity contribution in [2.24, 2.45) is 0 Å². The highest BCUT2D eigenvalue weighted by Crippen LogP contribution is 2.37. The Bertz CT molecular complexity index is 1090. The second kappa shape index (κ2) is 9.94. The Kier molecular flexibility index (Phi) is 7.41. The van der Waals surface area contributed by atoms with Crippen LogP contribution in [0.5, 0.6) is 0 Å². The van der Waals surface area contributed by atoms with Gasteiger partial charge >= 0.3 is 12.1 Å². The maximum atomic E-state index is 13.4. The molecule has 2 N–H and O–H groups in total. The highest BCUT2D eigenvalue weighted by atomic mass is 19.4. The highest BCUT2D eigenvalue weighted by molar-refractivity contribution is 5.96. The fourth-order valence-corrected chi connectivity index (χ4v) is 3.77. The van der Waals surface area contributed by atoms with Gasteiger partial charge in [0.15, 0.2) is 6.29 Å². The van der Waals surface area contributed by atoms with Crippen molar-refractivity contribution in [3.05, 3.63) is 52.0 Å². The molecular formula is C22H25F3N4O5. The van der Waals surface area contributed by atoms with Crippen LogP contribution in [0.3, 0.4) is 0 Å². The molecule has 1 aliphatic heterocycles. The molecule has 3 rings (SSSR count). The summed E-state index contributed by atoms with van der Waals surface area (Å²) in [5.74, 6) is -1.54. The molecule has 1 saturated heterocycles. The number of benzene rings is 1. The largest absolute Gasteiger partial charge is 0.480 e. The first-order valence-corrected chi connectivity index (χ1v) is 10.4. The zero-order chi connectivity index (χ0) is 25.2. The standard InChI is InChI=1S/C22H25F3N4O5/c1-11-14(6-5-7-15(11)22(23,24)25)12(2)26-19-17(21-33-8-9-34-21)18(27-13(3)28-19)20(32)29(4)10-16(30)31/h5-7,12,21H,8-10H2,1-4H3,(H,30,31)(H,26,27,28)/t12-/m1/s1. The van der Waals surface area contributed by atoms with Crippen molar-refractivity contribution in [3.8, 4) is 0 Å². The average Bonchev–Trinajstić information content (AvgIpc) is 3.25. The summed E-state index contributed by atoms with van der Waals surface area (Å²) in [4.78, 5) is 33.7. The number of carbonyl (C=O) groups excluding carboxylic acids is 1. The molecule has 1 fully saturated rings. The first-order valence-electron chi connectivity index (χ1n) is 10.4. The molecule has 9 nitrogen and oxygen atoms in total. The predicted molar refractivity (Wildman–Crippen MR) is 114 cm³/mol. The Morgan fingerprint density at radius 1 is 1.24 bits per heavy atom. The zero-order valence-corrected chi connectivity index (χ0v) is 19.1. The van der Waals surface area contributed by atoms with Crippen LogP contribution in [-0.2, 0) is 20.4 Å². The van der Waals surface area contributed by atoms with E-state index in [-0.39, 0.29) is 41.7 Å². The molecule has 2 heterocycles. The molecule has 0 unspecified atom stereocenters. The third kappa shape index (κ3) is 5.45. The molecule has 2 aromatic rings. The van der Waals surface area contributed by atoms with Crippen molar-refractivity contribution in [2.75, 3.05) is 32.1 Å². The molecule has 34 heavy (non-hydrogen) atoms. The maximum absolute atomic E-state index is 13.4. The summed E-state index contributed by atoms with van der Waals surface area (Å²) in [7, 11) is 1.32. The Morgan fingerprint density at radius 3 is 2.47 bits per heavy atom. The Balaban J connectivity index is 2.05. The van der Waals surface area contributed by atoms with Crippen LogP contribution in [0.15, 0.2) is 18.2 Å². The fraction of sp³-hybridized carbons (Fsp3) is 0.455. The number of hydrogen-bond acceptors (Lipinski definition) is 7. The number of aromatic nitrogens is 2. The lowest BCUT2D eigenvalue weighted by Gasteiger charge is -2.24. The summed E-state index contributed by atoms with van der Waals surface area (Å²) in [5.41, 5.74) is -0.249. The summed E-state index contributed by atoms with van der Waals surface area (Å²) < 4.78 is 51.3. The van der Waals surface area contributed by atoms with Gasteiger partial charge in [0.1, 0.15) is 23.9 Å². The number of aliphatic carboxylic acids is 1. The van der Waals surface area contributed by atoms with Gasteiger partial charge in [-0.1, -0.05) is 12.1 Å². The number of rotatable bonds is 7. The van der Waals surface area contributed by atoms with Gasteiger partial charge in [0.2, 0.25) is 0 Å². The molecule has 0 bridgehead atoms. The first-order chi connectivity index (χ1) is 15.9. The smallest absolute Gasteiger partial charge is 0.416 e. The lowest BCUT2D eigenvalue weighted by Crippen LogP contribution is -2.34. The number of carboxylic acid groups (broad SMARTS) is 1. The number of amides is 1. The second-order valence-electron chi connectivity index (χ2n) is 7.89. The van der Waals surface area contributed by atoms with E-state index >= 15 is 0 Å². The van der Waals surface area contributed by atoms with Gasteiger partial charge in [0.25, 0.3) is 5.91 Å².